The molecule has 1 N–H and O–H groups in total. The average Bonchev–Trinajstić information content (AvgIpc) is 2.30. The van der Waals surface area contributed by atoms with E-state index in [-0.39, 0.29) is 11.5 Å². The minimum Gasteiger partial charge on any atom is -0.367 e. The maximum atomic E-state index is 11.0. The highest BCUT2D eigenvalue weighted by molar-refractivity contribution is 5.69. The smallest absolute Gasteiger partial charge is 0.353 e. The first-order valence-electron chi connectivity index (χ1n) is 5.07. The van der Waals surface area contributed by atoms with E-state index in [0.29, 0.717) is 18.9 Å². The van der Waals surface area contributed by atoms with E-state index in [1.54, 1.807) is 7.05 Å². The summed E-state index contributed by atoms with van der Waals surface area (Å²) in [7, 11) is 1.60. The van der Waals surface area contributed by atoms with Crippen molar-refractivity contribution in [2.24, 2.45) is 0 Å². The second kappa shape index (κ2) is 5.24. The molecule has 0 saturated carbocycles. The Bertz CT molecular complexity index is 378. The minimum absolute atomic E-state index is 0.0753. The van der Waals surface area contributed by atoms with Crippen molar-refractivity contribution < 1.29 is 4.92 Å². The van der Waals surface area contributed by atoms with Gasteiger partial charge in [0, 0.05) is 20.1 Å². The zero-order valence-corrected chi connectivity index (χ0v) is 9.60. The van der Waals surface area contributed by atoms with Gasteiger partial charge in [-0.25, -0.2) is 9.97 Å². The van der Waals surface area contributed by atoms with E-state index < -0.39 is 4.92 Å². The minimum atomic E-state index is -0.459. The lowest BCUT2D eigenvalue weighted by Gasteiger charge is -2.19. The summed E-state index contributed by atoms with van der Waals surface area (Å²) < 4.78 is 0. The van der Waals surface area contributed by atoms with Crippen LogP contribution in [0.3, 0.4) is 0 Å². The number of rotatable bonds is 5. The van der Waals surface area contributed by atoms with E-state index >= 15 is 0 Å². The van der Waals surface area contributed by atoms with Crippen LogP contribution >= 0.6 is 0 Å². The van der Waals surface area contributed by atoms with Gasteiger partial charge in [-0.1, -0.05) is 0 Å². The third-order valence-corrected chi connectivity index (χ3v) is 2.29. The van der Waals surface area contributed by atoms with E-state index in [1.165, 1.54) is 6.33 Å². The number of nitro groups is 1. The molecule has 0 aliphatic carbocycles. The summed E-state index contributed by atoms with van der Waals surface area (Å²) in [5.74, 6) is 0.594. The lowest BCUT2D eigenvalue weighted by atomic mass is 10.3. The van der Waals surface area contributed by atoms with E-state index in [2.05, 4.69) is 15.3 Å². The van der Waals surface area contributed by atoms with E-state index in [0.717, 1.165) is 0 Å². The van der Waals surface area contributed by atoms with Crippen molar-refractivity contribution in [3.05, 3.63) is 16.4 Å². The number of nitrogens with zero attached hydrogens (tertiary/aromatic N) is 4. The van der Waals surface area contributed by atoms with Gasteiger partial charge in [-0.15, -0.1) is 0 Å². The molecule has 0 aliphatic rings. The van der Waals surface area contributed by atoms with Crippen molar-refractivity contribution in [2.45, 2.75) is 13.8 Å². The van der Waals surface area contributed by atoms with Crippen LogP contribution in [-0.2, 0) is 0 Å². The Balaban J connectivity index is 3.31. The summed E-state index contributed by atoms with van der Waals surface area (Å²) >= 11 is 0. The van der Waals surface area contributed by atoms with Crippen LogP contribution in [0.2, 0.25) is 0 Å². The van der Waals surface area contributed by atoms with Gasteiger partial charge < -0.3 is 10.2 Å². The van der Waals surface area contributed by atoms with Crippen LogP contribution in [0.25, 0.3) is 0 Å². The summed E-state index contributed by atoms with van der Waals surface area (Å²) in [5, 5.41) is 13.7. The molecule has 0 unspecified atom stereocenters. The van der Waals surface area contributed by atoms with Gasteiger partial charge in [-0.3, -0.25) is 10.1 Å². The first kappa shape index (κ1) is 12.2. The van der Waals surface area contributed by atoms with Crippen molar-refractivity contribution in [3.63, 3.8) is 0 Å². The number of nitrogens with one attached hydrogen (secondary N) is 1. The molecule has 7 nitrogen and oxygen atoms in total. The van der Waals surface area contributed by atoms with Gasteiger partial charge in [0.25, 0.3) is 0 Å². The second-order valence-corrected chi connectivity index (χ2v) is 3.07. The molecule has 1 heterocycles. The third-order valence-electron chi connectivity index (χ3n) is 2.29. The molecule has 0 aromatic carbocycles. The molecule has 0 saturated heterocycles. The predicted molar refractivity (Wildman–Crippen MR) is 61.8 cm³/mol. The molecule has 1 aromatic rings. The Morgan fingerprint density at radius 3 is 2.50 bits per heavy atom. The molecular weight excluding hydrogens is 210 g/mol. The summed E-state index contributed by atoms with van der Waals surface area (Å²) in [4.78, 5) is 20.2. The average molecular weight is 225 g/mol. The predicted octanol–water partition coefficient (Wildman–Crippen LogP) is 1.27. The molecule has 0 radical (unpaired) electrons. The molecule has 0 amide bonds. The summed E-state index contributed by atoms with van der Waals surface area (Å²) in [6.45, 7) is 5.18. The Kier molecular flexibility index (Phi) is 3.98. The zero-order valence-electron chi connectivity index (χ0n) is 9.60. The Morgan fingerprint density at radius 1 is 1.44 bits per heavy atom. The zero-order chi connectivity index (χ0) is 12.1. The molecule has 0 bridgehead atoms. The van der Waals surface area contributed by atoms with Crippen LogP contribution < -0.4 is 10.2 Å². The Morgan fingerprint density at radius 2 is 2.06 bits per heavy atom. The highest BCUT2D eigenvalue weighted by Crippen LogP contribution is 2.30. The Hall–Kier alpha value is -1.92. The van der Waals surface area contributed by atoms with Crippen molar-refractivity contribution in [2.75, 3.05) is 30.4 Å². The lowest BCUT2D eigenvalue weighted by Crippen LogP contribution is -2.24. The topological polar surface area (TPSA) is 84.2 Å². The fraction of sp³-hybridized carbons (Fsp3) is 0.556. The maximum Gasteiger partial charge on any atom is 0.353 e. The van der Waals surface area contributed by atoms with Gasteiger partial charge in [0.2, 0.25) is 11.6 Å². The van der Waals surface area contributed by atoms with Crippen LogP contribution in [-0.4, -0.2) is 35.0 Å². The molecule has 0 atom stereocenters. The van der Waals surface area contributed by atoms with Crippen LogP contribution in [0.15, 0.2) is 6.33 Å². The van der Waals surface area contributed by atoms with Crippen molar-refractivity contribution in [1.29, 1.82) is 0 Å². The highest BCUT2D eigenvalue weighted by Gasteiger charge is 2.24. The molecule has 0 fully saturated rings. The fourth-order valence-corrected chi connectivity index (χ4v) is 1.48. The Labute approximate surface area is 93.7 Å². The number of hydrogen-bond donors (Lipinski definition) is 1. The molecule has 88 valence electrons. The quantitative estimate of drug-likeness (QED) is 0.600. The van der Waals surface area contributed by atoms with Crippen LogP contribution in [0.5, 0.6) is 0 Å². The van der Waals surface area contributed by atoms with E-state index in [4.69, 9.17) is 0 Å². The molecular formula is C9H15N5O2. The van der Waals surface area contributed by atoms with E-state index in [1.807, 2.05) is 18.7 Å². The van der Waals surface area contributed by atoms with Gasteiger partial charge in [-0.05, 0) is 13.8 Å². The monoisotopic (exact) mass is 225 g/mol. The summed E-state index contributed by atoms with van der Waals surface area (Å²) in [6, 6.07) is 0. The summed E-state index contributed by atoms with van der Waals surface area (Å²) in [5.41, 5.74) is -0.0753. The number of hydrogen-bond acceptors (Lipinski definition) is 6. The van der Waals surface area contributed by atoms with Crippen LogP contribution in [0.1, 0.15) is 13.8 Å². The lowest BCUT2D eigenvalue weighted by molar-refractivity contribution is -0.383. The SMILES string of the molecule is CCN(CC)c1ncnc(NC)c1[N+](=O)[O-]. The van der Waals surface area contributed by atoms with Gasteiger partial charge in [0.1, 0.15) is 6.33 Å². The molecule has 1 aromatic heterocycles. The van der Waals surface area contributed by atoms with Crippen molar-refractivity contribution in [3.8, 4) is 0 Å². The van der Waals surface area contributed by atoms with Crippen molar-refractivity contribution >= 4 is 17.3 Å². The number of anilines is 2. The van der Waals surface area contributed by atoms with Crippen LogP contribution in [0, 0.1) is 10.1 Å². The van der Waals surface area contributed by atoms with Gasteiger partial charge >= 0.3 is 5.69 Å². The second-order valence-electron chi connectivity index (χ2n) is 3.07. The third kappa shape index (κ3) is 2.18. The van der Waals surface area contributed by atoms with Crippen molar-refractivity contribution in [1.82, 2.24) is 9.97 Å². The standard InChI is InChI=1S/C9H15N5O2/c1-4-13(5-2)9-7(14(15)16)8(10-3)11-6-12-9/h6H,4-5H2,1-3H3,(H,10,11,12). The molecule has 0 aliphatic heterocycles. The molecule has 1 rings (SSSR count). The van der Waals surface area contributed by atoms with E-state index in [9.17, 15) is 10.1 Å². The first-order chi connectivity index (χ1) is 7.65. The maximum absolute atomic E-state index is 11.0. The molecule has 16 heavy (non-hydrogen) atoms. The van der Waals surface area contributed by atoms with Gasteiger partial charge in [0.05, 0.1) is 4.92 Å². The van der Waals surface area contributed by atoms with Gasteiger partial charge in [0.15, 0.2) is 0 Å². The highest BCUT2D eigenvalue weighted by atomic mass is 16.6. The molecule has 7 heteroatoms. The first-order valence-corrected chi connectivity index (χ1v) is 5.07. The fourth-order valence-electron chi connectivity index (χ4n) is 1.48. The number of aromatic nitrogens is 2. The van der Waals surface area contributed by atoms with Crippen LogP contribution in [0.4, 0.5) is 17.3 Å². The van der Waals surface area contributed by atoms with Gasteiger partial charge in [-0.2, -0.15) is 0 Å². The normalized spacial score (nSPS) is 9.94. The molecule has 0 spiro atoms. The summed E-state index contributed by atoms with van der Waals surface area (Å²) in [6.07, 6.45) is 1.33. The largest absolute Gasteiger partial charge is 0.367 e.